The van der Waals surface area contributed by atoms with Gasteiger partial charge in [0, 0.05) is 37.7 Å². The Labute approximate surface area is 140 Å². The molecule has 2 fully saturated rings. The molecule has 1 aromatic rings. The molecule has 0 radical (unpaired) electrons. The van der Waals surface area contributed by atoms with Crippen LogP contribution in [0.5, 0.6) is 0 Å². The van der Waals surface area contributed by atoms with E-state index in [1.54, 1.807) is 35.0 Å². The normalized spacial score (nSPS) is 26.4. The lowest BCUT2D eigenvalue weighted by Gasteiger charge is -2.25. The van der Waals surface area contributed by atoms with Gasteiger partial charge in [-0.25, -0.2) is 0 Å². The number of carbonyl (C=O) groups is 3. The summed E-state index contributed by atoms with van der Waals surface area (Å²) in [5.74, 6) is 0.0990. The van der Waals surface area contributed by atoms with E-state index in [9.17, 15) is 14.4 Å². The number of likely N-dealkylation sites (N-methyl/N-ethyl adjacent to an activating group) is 1. The molecule has 2 amide bonds. The van der Waals surface area contributed by atoms with Crippen molar-refractivity contribution in [2.24, 2.45) is 0 Å². The quantitative estimate of drug-likeness (QED) is 0.768. The average Bonchev–Trinajstić information content (AvgIpc) is 3.14. The summed E-state index contributed by atoms with van der Waals surface area (Å²) < 4.78 is 5.78. The van der Waals surface area contributed by atoms with E-state index in [0.717, 1.165) is 5.56 Å². The molecule has 2 atom stereocenters. The fourth-order valence-corrected chi connectivity index (χ4v) is 3.98. The molecular formula is C18H20N2O4. The summed E-state index contributed by atoms with van der Waals surface area (Å²) in [5.41, 5.74) is 2.16. The van der Waals surface area contributed by atoms with Gasteiger partial charge in [0.2, 0.25) is 5.91 Å². The highest BCUT2D eigenvalue weighted by Gasteiger charge is 2.42. The summed E-state index contributed by atoms with van der Waals surface area (Å²) in [7, 11) is 1.78. The summed E-state index contributed by atoms with van der Waals surface area (Å²) in [6.07, 6.45) is 1.37. The highest BCUT2D eigenvalue weighted by molar-refractivity contribution is 6.05. The van der Waals surface area contributed by atoms with Gasteiger partial charge in [0.15, 0.2) is 5.78 Å². The zero-order valence-electron chi connectivity index (χ0n) is 13.7. The minimum absolute atomic E-state index is 0.0583. The van der Waals surface area contributed by atoms with Gasteiger partial charge >= 0.3 is 0 Å². The van der Waals surface area contributed by atoms with E-state index < -0.39 is 0 Å². The molecule has 0 saturated carbocycles. The molecule has 0 N–H and O–H groups in total. The molecule has 24 heavy (non-hydrogen) atoms. The van der Waals surface area contributed by atoms with Gasteiger partial charge in [-0.15, -0.1) is 0 Å². The highest BCUT2D eigenvalue weighted by Crippen LogP contribution is 2.29. The molecule has 1 aromatic carbocycles. The van der Waals surface area contributed by atoms with Crippen molar-refractivity contribution < 1.29 is 19.1 Å². The first kappa shape index (κ1) is 15.3. The van der Waals surface area contributed by atoms with Crippen LogP contribution in [0.2, 0.25) is 0 Å². The first-order valence-corrected chi connectivity index (χ1v) is 8.38. The average molecular weight is 328 g/mol. The molecule has 2 aliphatic heterocycles. The second kappa shape index (κ2) is 5.70. The van der Waals surface area contributed by atoms with E-state index >= 15 is 0 Å². The van der Waals surface area contributed by atoms with Crippen LogP contribution in [-0.2, 0) is 16.0 Å². The van der Waals surface area contributed by atoms with Crippen molar-refractivity contribution in [1.29, 1.82) is 0 Å². The molecule has 4 rings (SSSR count). The largest absolute Gasteiger partial charge is 0.374 e. The van der Waals surface area contributed by atoms with Crippen LogP contribution >= 0.6 is 0 Å². The Kier molecular flexibility index (Phi) is 3.64. The Balaban J connectivity index is 1.59. The minimum Gasteiger partial charge on any atom is -0.374 e. The van der Waals surface area contributed by atoms with Gasteiger partial charge in [-0.05, 0) is 18.1 Å². The molecule has 2 heterocycles. The third-order valence-corrected chi connectivity index (χ3v) is 5.37. The van der Waals surface area contributed by atoms with Gasteiger partial charge in [-0.2, -0.15) is 0 Å². The SMILES string of the molecule is CN1C(=O)CCO[C@H]2CN(C(=O)c3cccc4c3CCC4=O)C[C@@H]21. The number of rotatable bonds is 1. The molecule has 6 heteroatoms. The van der Waals surface area contributed by atoms with Crippen LogP contribution in [0.3, 0.4) is 0 Å². The van der Waals surface area contributed by atoms with Gasteiger partial charge in [-0.1, -0.05) is 12.1 Å². The number of carbonyl (C=O) groups excluding carboxylic acids is 3. The summed E-state index contributed by atoms with van der Waals surface area (Å²) in [4.78, 5) is 40.3. The zero-order chi connectivity index (χ0) is 16.8. The Morgan fingerprint density at radius 3 is 2.83 bits per heavy atom. The molecule has 126 valence electrons. The minimum atomic E-state index is -0.135. The molecule has 0 unspecified atom stereocenters. The topological polar surface area (TPSA) is 66.9 Å². The van der Waals surface area contributed by atoms with E-state index in [1.807, 2.05) is 0 Å². The van der Waals surface area contributed by atoms with Crippen LogP contribution in [-0.4, -0.2) is 66.3 Å². The van der Waals surface area contributed by atoms with Gasteiger partial charge in [0.25, 0.3) is 5.91 Å². The summed E-state index contributed by atoms with van der Waals surface area (Å²) in [5, 5.41) is 0. The molecule has 1 aliphatic carbocycles. The Morgan fingerprint density at radius 1 is 1.17 bits per heavy atom. The van der Waals surface area contributed by atoms with Gasteiger partial charge < -0.3 is 14.5 Å². The lowest BCUT2D eigenvalue weighted by Crippen LogP contribution is -2.43. The summed E-state index contributed by atoms with van der Waals surface area (Å²) in [6, 6.07) is 5.27. The molecular weight excluding hydrogens is 308 g/mol. The fraction of sp³-hybridized carbons (Fsp3) is 0.500. The van der Waals surface area contributed by atoms with Crippen molar-refractivity contribution in [1.82, 2.24) is 9.80 Å². The predicted octanol–water partition coefficient (Wildman–Crippen LogP) is 0.887. The first-order chi connectivity index (χ1) is 11.6. The van der Waals surface area contributed by atoms with Crippen LogP contribution < -0.4 is 0 Å². The van der Waals surface area contributed by atoms with Crippen molar-refractivity contribution in [2.75, 3.05) is 26.7 Å². The van der Waals surface area contributed by atoms with Crippen molar-refractivity contribution in [3.8, 4) is 0 Å². The monoisotopic (exact) mass is 328 g/mol. The number of ether oxygens (including phenoxy) is 1. The number of hydrogen-bond donors (Lipinski definition) is 0. The molecule has 0 spiro atoms. The number of hydrogen-bond acceptors (Lipinski definition) is 4. The van der Waals surface area contributed by atoms with Crippen LogP contribution in [0.4, 0.5) is 0 Å². The van der Waals surface area contributed by atoms with Crippen LogP contribution in [0.25, 0.3) is 0 Å². The van der Waals surface area contributed by atoms with Gasteiger partial charge in [0.05, 0.1) is 25.2 Å². The van der Waals surface area contributed by atoms with E-state index in [0.29, 0.717) is 50.1 Å². The standard InChI is InChI=1S/C18H20N2O4/c1-19-14-9-20(10-16(14)24-8-7-17(19)22)18(23)13-4-2-3-12-11(13)5-6-15(12)21/h2-4,14,16H,5-10H2,1H3/t14-,16-/m0/s1. The fourth-order valence-electron chi connectivity index (χ4n) is 3.98. The van der Waals surface area contributed by atoms with E-state index in [-0.39, 0.29) is 29.7 Å². The first-order valence-electron chi connectivity index (χ1n) is 8.38. The van der Waals surface area contributed by atoms with Crippen molar-refractivity contribution in [3.05, 3.63) is 34.9 Å². The zero-order valence-corrected chi connectivity index (χ0v) is 13.7. The van der Waals surface area contributed by atoms with Crippen molar-refractivity contribution in [3.63, 3.8) is 0 Å². The second-order valence-corrected chi connectivity index (χ2v) is 6.70. The smallest absolute Gasteiger partial charge is 0.254 e. The number of nitrogens with zero attached hydrogens (tertiary/aromatic N) is 2. The number of benzene rings is 1. The lowest BCUT2D eigenvalue weighted by molar-refractivity contribution is -0.131. The van der Waals surface area contributed by atoms with Crippen LogP contribution in [0.15, 0.2) is 18.2 Å². The van der Waals surface area contributed by atoms with E-state index in [2.05, 4.69) is 0 Å². The molecule has 0 aromatic heterocycles. The number of ketones is 1. The molecule has 2 saturated heterocycles. The number of fused-ring (bicyclic) bond motifs is 2. The second-order valence-electron chi connectivity index (χ2n) is 6.70. The summed E-state index contributed by atoms with van der Waals surface area (Å²) in [6.45, 7) is 1.36. The van der Waals surface area contributed by atoms with Crippen LogP contribution in [0, 0.1) is 0 Å². The maximum absolute atomic E-state index is 13.0. The lowest BCUT2D eigenvalue weighted by atomic mass is 10.0. The summed E-state index contributed by atoms with van der Waals surface area (Å²) >= 11 is 0. The van der Waals surface area contributed by atoms with Crippen molar-refractivity contribution >= 4 is 17.6 Å². The molecule has 6 nitrogen and oxygen atoms in total. The Bertz CT molecular complexity index is 730. The predicted molar refractivity (Wildman–Crippen MR) is 85.9 cm³/mol. The Hall–Kier alpha value is -2.21. The Morgan fingerprint density at radius 2 is 2.00 bits per heavy atom. The maximum Gasteiger partial charge on any atom is 0.254 e. The number of likely N-dealkylation sites (tertiary alicyclic amines) is 1. The third-order valence-electron chi connectivity index (χ3n) is 5.37. The van der Waals surface area contributed by atoms with Gasteiger partial charge in [-0.3, -0.25) is 14.4 Å². The van der Waals surface area contributed by atoms with E-state index in [4.69, 9.17) is 4.74 Å². The van der Waals surface area contributed by atoms with Crippen molar-refractivity contribution in [2.45, 2.75) is 31.4 Å². The third kappa shape index (κ3) is 2.33. The molecule has 0 bridgehead atoms. The van der Waals surface area contributed by atoms with Crippen LogP contribution in [0.1, 0.15) is 39.1 Å². The van der Waals surface area contributed by atoms with Gasteiger partial charge in [0.1, 0.15) is 0 Å². The van der Waals surface area contributed by atoms with E-state index in [1.165, 1.54) is 0 Å². The number of Topliss-reactive ketones (excluding diaryl/α,β-unsaturated/α-hetero) is 1. The highest BCUT2D eigenvalue weighted by atomic mass is 16.5. The maximum atomic E-state index is 13.0. The number of amides is 2. The molecule has 3 aliphatic rings.